The third-order valence-corrected chi connectivity index (χ3v) is 17.3. The standard InChI is InChI=1S/C23H18N2O.2C19H16N2O.C19H16N2S/c1-14(2)22-24-21(17-12-11-15-7-3-4-8-16(15)13-17)20-18-9-5-6-10-19(18)26-23(20)25-22;1-12(2)18-20-17(13-8-4-3-5-9-13)16-14-10-6-7-11-15(14)22-19(16)21-18;1-12(2)19-20-16(13-8-4-3-5-9-13)18-17(21-19)14-10-6-7-11-15(14)22-18;1-12(2)18-20-17(13-8-4-3-5-9-13)16-14-10-6-7-11-15(14)22-19(16)21-18/h3-14H,1-2H3;3*3-12H,1-2H3. The highest BCUT2D eigenvalue weighted by atomic mass is 32.1. The number of rotatable bonds is 8. The first-order chi connectivity index (χ1) is 44.9. The zero-order chi connectivity index (χ0) is 63.0. The largest absolute Gasteiger partial charge is 0.452 e. The Hall–Kier alpha value is -10.8. The van der Waals surface area contributed by atoms with Gasteiger partial charge in [-0.15, -0.1) is 11.3 Å². The smallest absolute Gasteiger partial charge is 0.231 e. The molecule has 17 aromatic rings. The van der Waals surface area contributed by atoms with Crippen molar-refractivity contribution >= 4 is 109 Å². The van der Waals surface area contributed by atoms with Crippen molar-refractivity contribution in [1.82, 2.24) is 39.9 Å². The maximum atomic E-state index is 6.05. The molecular formula is C80H66N8O3S. The van der Waals surface area contributed by atoms with Crippen LogP contribution < -0.4 is 0 Å². The normalized spacial score (nSPS) is 11.7. The van der Waals surface area contributed by atoms with Gasteiger partial charge in [0.1, 0.15) is 56.1 Å². The van der Waals surface area contributed by atoms with Crippen molar-refractivity contribution in [1.29, 1.82) is 0 Å². The molecule has 0 fully saturated rings. The number of fused-ring (bicyclic) bond motifs is 13. The number of thiophene rings is 1. The molecule has 0 atom stereocenters. The summed E-state index contributed by atoms with van der Waals surface area (Å²) in [5.41, 5.74) is 13.7. The van der Waals surface area contributed by atoms with Crippen LogP contribution in [0.15, 0.2) is 244 Å². The third-order valence-electron chi connectivity index (χ3n) is 16.2. The third kappa shape index (κ3) is 11.5. The highest BCUT2D eigenvalue weighted by Crippen LogP contribution is 2.41. The van der Waals surface area contributed by atoms with Gasteiger partial charge in [0.2, 0.25) is 11.4 Å². The molecule has 92 heavy (non-hydrogen) atoms. The van der Waals surface area contributed by atoms with Crippen LogP contribution in [0.3, 0.4) is 0 Å². The van der Waals surface area contributed by atoms with E-state index in [1.807, 2.05) is 103 Å². The lowest BCUT2D eigenvalue weighted by atomic mass is 10.0. The van der Waals surface area contributed by atoms with E-state index in [4.69, 9.17) is 43.2 Å². The maximum Gasteiger partial charge on any atom is 0.231 e. The van der Waals surface area contributed by atoms with Gasteiger partial charge in [-0.25, -0.2) is 29.9 Å². The lowest BCUT2D eigenvalue weighted by Gasteiger charge is -2.09. The molecule has 8 aromatic heterocycles. The summed E-state index contributed by atoms with van der Waals surface area (Å²) in [4.78, 5) is 39.3. The van der Waals surface area contributed by atoms with E-state index >= 15 is 0 Å². The molecule has 450 valence electrons. The Labute approximate surface area is 536 Å². The van der Waals surface area contributed by atoms with Crippen molar-refractivity contribution in [2.45, 2.75) is 79.1 Å². The fraction of sp³-hybridized carbons (Fsp3) is 0.150. The monoisotopic (exact) mass is 1220 g/mol. The highest BCUT2D eigenvalue weighted by molar-refractivity contribution is 7.25. The average Bonchev–Trinajstić information content (AvgIpc) is 1.62. The van der Waals surface area contributed by atoms with Crippen LogP contribution in [0.2, 0.25) is 0 Å². The summed E-state index contributed by atoms with van der Waals surface area (Å²) < 4.78 is 19.3. The molecule has 0 aliphatic carbocycles. The molecule has 0 N–H and O–H groups in total. The molecule has 0 bridgehead atoms. The zero-order valence-corrected chi connectivity index (χ0v) is 53.3. The number of furan rings is 3. The van der Waals surface area contributed by atoms with Gasteiger partial charge in [0.05, 0.1) is 27.9 Å². The number of benzene rings is 9. The van der Waals surface area contributed by atoms with Gasteiger partial charge in [-0.3, -0.25) is 0 Å². The van der Waals surface area contributed by atoms with Gasteiger partial charge in [0.15, 0.2) is 5.58 Å². The van der Waals surface area contributed by atoms with E-state index < -0.39 is 0 Å². The van der Waals surface area contributed by atoms with E-state index in [1.54, 1.807) is 11.3 Å². The Balaban J connectivity index is 0.000000107. The quantitative estimate of drug-likeness (QED) is 0.143. The Morgan fingerprint density at radius 2 is 0.685 bits per heavy atom. The van der Waals surface area contributed by atoms with Crippen LogP contribution in [0.1, 0.15) is 102 Å². The molecule has 0 amide bonds. The summed E-state index contributed by atoms with van der Waals surface area (Å²) in [6, 6.07) is 78.2. The second-order valence-electron chi connectivity index (χ2n) is 24.1. The number of nitrogens with zero attached hydrogens (tertiary/aromatic N) is 8. The molecule has 11 nitrogen and oxygen atoms in total. The average molecular weight is 1220 g/mol. The van der Waals surface area contributed by atoms with Crippen LogP contribution in [-0.2, 0) is 0 Å². The van der Waals surface area contributed by atoms with Gasteiger partial charge in [-0.05, 0) is 47.2 Å². The van der Waals surface area contributed by atoms with Crippen molar-refractivity contribution in [3.05, 3.63) is 254 Å². The van der Waals surface area contributed by atoms with Crippen molar-refractivity contribution in [3.8, 4) is 45.0 Å². The minimum atomic E-state index is 0.229. The van der Waals surface area contributed by atoms with Gasteiger partial charge in [-0.2, -0.15) is 9.97 Å². The fourth-order valence-corrected chi connectivity index (χ4v) is 12.6. The topological polar surface area (TPSA) is 143 Å². The van der Waals surface area contributed by atoms with Gasteiger partial charge in [0, 0.05) is 77.6 Å². The van der Waals surface area contributed by atoms with Crippen LogP contribution in [0.5, 0.6) is 0 Å². The lowest BCUT2D eigenvalue weighted by molar-refractivity contribution is 0.642. The van der Waals surface area contributed by atoms with Crippen molar-refractivity contribution in [3.63, 3.8) is 0 Å². The molecule has 0 aliphatic rings. The highest BCUT2D eigenvalue weighted by Gasteiger charge is 2.22. The molecule has 0 aliphatic heterocycles. The first kappa shape index (κ1) is 58.8. The molecule has 12 heteroatoms. The molecule has 0 saturated heterocycles. The Kier molecular flexibility index (Phi) is 16.1. The summed E-state index contributed by atoms with van der Waals surface area (Å²) in [6.45, 7) is 16.9. The molecule has 0 radical (unpaired) electrons. The van der Waals surface area contributed by atoms with E-state index in [0.29, 0.717) is 17.3 Å². The maximum absolute atomic E-state index is 6.05. The summed E-state index contributed by atoms with van der Waals surface area (Å²) in [7, 11) is 0. The molecule has 0 saturated carbocycles. The predicted octanol–water partition coefficient (Wildman–Crippen LogP) is 22.3. The van der Waals surface area contributed by atoms with E-state index in [1.165, 1.54) is 26.2 Å². The second-order valence-corrected chi connectivity index (χ2v) is 25.1. The summed E-state index contributed by atoms with van der Waals surface area (Å²) in [6.07, 6.45) is 0. The van der Waals surface area contributed by atoms with Gasteiger partial charge in [0.25, 0.3) is 0 Å². The minimum Gasteiger partial charge on any atom is -0.452 e. The Morgan fingerprint density at radius 3 is 1.22 bits per heavy atom. The van der Waals surface area contributed by atoms with Crippen molar-refractivity contribution in [2.24, 2.45) is 0 Å². The molecule has 0 spiro atoms. The number of hydrogen-bond donors (Lipinski definition) is 0. The van der Waals surface area contributed by atoms with Gasteiger partial charge < -0.3 is 13.3 Å². The first-order valence-electron chi connectivity index (χ1n) is 31.3. The number of hydrogen-bond acceptors (Lipinski definition) is 12. The van der Waals surface area contributed by atoms with Crippen LogP contribution in [0, 0.1) is 0 Å². The minimum absolute atomic E-state index is 0.229. The van der Waals surface area contributed by atoms with Crippen molar-refractivity contribution < 1.29 is 13.3 Å². The second kappa shape index (κ2) is 25.2. The van der Waals surface area contributed by atoms with E-state index in [0.717, 1.165) is 128 Å². The molecule has 0 unspecified atom stereocenters. The fourth-order valence-electron chi connectivity index (χ4n) is 11.5. The lowest BCUT2D eigenvalue weighted by Crippen LogP contribution is -1.99. The molecular weight excluding hydrogens is 1150 g/mol. The van der Waals surface area contributed by atoms with Crippen LogP contribution in [-0.4, -0.2) is 39.9 Å². The summed E-state index contributed by atoms with van der Waals surface area (Å²) in [5, 5.41) is 9.99. The SMILES string of the molecule is CC(C)c1nc(-c2ccc3ccccc3c2)c2c(n1)oc1ccccc12.CC(C)c1nc(-c2ccccc2)c2c(n1)oc1ccccc12.CC(C)c1nc(-c2ccccc2)c2c(n1)sc1ccccc12.CC(C)c1nc(-c2ccccc2)c2oc3ccccc3c2n1. The Bertz CT molecular complexity index is 5330. The van der Waals surface area contributed by atoms with E-state index in [-0.39, 0.29) is 17.8 Å². The van der Waals surface area contributed by atoms with Crippen molar-refractivity contribution in [2.75, 3.05) is 0 Å². The van der Waals surface area contributed by atoms with Gasteiger partial charge >= 0.3 is 0 Å². The molecule has 8 heterocycles. The molecule has 9 aromatic carbocycles. The van der Waals surface area contributed by atoms with Gasteiger partial charge in [-0.1, -0.05) is 250 Å². The Morgan fingerprint density at radius 1 is 0.293 bits per heavy atom. The predicted molar refractivity (Wildman–Crippen MR) is 378 cm³/mol. The summed E-state index contributed by atoms with van der Waals surface area (Å²) >= 11 is 1.75. The van der Waals surface area contributed by atoms with Crippen LogP contribution >= 0.6 is 11.3 Å². The van der Waals surface area contributed by atoms with Crippen LogP contribution in [0.25, 0.3) is 142 Å². The summed E-state index contributed by atoms with van der Waals surface area (Å²) in [5.74, 6) is 4.44. The van der Waals surface area contributed by atoms with Crippen LogP contribution in [0.4, 0.5) is 0 Å². The van der Waals surface area contributed by atoms with E-state index in [2.05, 4.69) is 193 Å². The number of para-hydroxylation sites is 3. The zero-order valence-electron chi connectivity index (χ0n) is 52.5. The van der Waals surface area contributed by atoms with E-state index in [9.17, 15) is 0 Å². The number of aromatic nitrogens is 8. The molecule has 17 rings (SSSR count). The first-order valence-corrected chi connectivity index (χ1v) is 32.2.